The quantitative estimate of drug-likeness (QED) is 0.651. The number of para-hydroxylation sites is 1. The summed E-state index contributed by atoms with van der Waals surface area (Å²) in [7, 11) is 0. The zero-order chi connectivity index (χ0) is 17.6. The van der Waals surface area contributed by atoms with Crippen molar-refractivity contribution in [1.82, 2.24) is 20.2 Å². The fourth-order valence-electron chi connectivity index (χ4n) is 2.02. The number of benzene rings is 2. The monoisotopic (exact) mass is 355 g/mol. The molecule has 0 saturated heterocycles. The molecular formula is C16H13N5O3S. The molecule has 3 aromatic rings. The number of carboxylic acids is 1. The molecule has 1 heterocycles. The van der Waals surface area contributed by atoms with Gasteiger partial charge in [-0.05, 0) is 46.8 Å². The molecule has 1 aromatic heterocycles. The van der Waals surface area contributed by atoms with E-state index in [-0.39, 0.29) is 17.2 Å². The van der Waals surface area contributed by atoms with Gasteiger partial charge in [0, 0.05) is 5.69 Å². The second kappa shape index (κ2) is 7.58. The Kier molecular flexibility index (Phi) is 5.05. The molecule has 8 nitrogen and oxygen atoms in total. The number of rotatable bonds is 6. The number of aromatic carboxylic acids is 1. The molecule has 1 amide bonds. The van der Waals surface area contributed by atoms with Crippen molar-refractivity contribution in [1.29, 1.82) is 0 Å². The van der Waals surface area contributed by atoms with E-state index in [2.05, 4.69) is 20.8 Å². The highest BCUT2D eigenvalue weighted by Gasteiger charge is 2.12. The number of carboxylic acid groups (broad SMARTS) is 1. The Balaban J connectivity index is 1.65. The van der Waals surface area contributed by atoms with Crippen molar-refractivity contribution >= 4 is 29.3 Å². The van der Waals surface area contributed by atoms with Crippen molar-refractivity contribution in [2.75, 3.05) is 11.1 Å². The Labute approximate surface area is 146 Å². The minimum Gasteiger partial charge on any atom is -0.478 e. The third-order valence-corrected chi connectivity index (χ3v) is 4.11. The SMILES string of the molecule is O=C(CSc1nnnn1-c1ccc(C(=O)O)cc1)Nc1ccccc1. The molecule has 0 saturated carbocycles. The minimum absolute atomic E-state index is 0.141. The molecular weight excluding hydrogens is 342 g/mol. The maximum absolute atomic E-state index is 12.0. The van der Waals surface area contributed by atoms with E-state index in [0.29, 0.717) is 10.8 Å². The molecule has 3 rings (SSSR count). The van der Waals surface area contributed by atoms with E-state index in [1.165, 1.54) is 28.6 Å². The Morgan fingerprint density at radius 1 is 1.08 bits per heavy atom. The Hall–Kier alpha value is -3.20. The van der Waals surface area contributed by atoms with Crippen LogP contribution in [0.25, 0.3) is 5.69 Å². The highest BCUT2D eigenvalue weighted by molar-refractivity contribution is 7.99. The van der Waals surface area contributed by atoms with Crippen LogP contribution < -0.4 is 5.32 Å². The molecule has 0 bridgehead atoms. The van der Waals surface area contributed by atoms with Crippen LogP contribution in [0.5, 0.6) is 0 Å². The van der Waals surface area contributed by atoms with Crippen LogP contribution in [0.2, 0.25) is 0 Å². The summed E-state index contributed by atoms with van der Waals surface area (Å²) < 4.78 is 1.45. The van der Waals surface area contributed by atoms with Gasteiger partial charge in [0.1, 0.15) is 0 Å². The molecule has 126 valence electrons. The summed E-state index contributed by atoms with van der Waals surface area (Å²) in [5.74, 6) is -1.04. The van der Waals surface area contributed by atoms with Gasteiger partial charge in [-0.1, -0.05) is 30.0 Å². The summed E-state index contributed by atoms with van der Waals surface area (Å²) in [6.07, 6.45) is 0. The molecule has 0 atom stereocenters. The van der Waals surface area contributed by atoms with E-state index in [1.54, 1.807) is 24.3 Å². The number of carbonyl (C=O) groups is 2. The normalized spacial score (nSPS) is 10.4. The van der Waals surface area contributed by atoms with Crippen LogP contribution in [0.1, 0.15) is 10.4 Å². The lowest BCUT2D eigenvalue weighted by Gasteiger charge is -2.06. The van der Waals surface area contributed by atoms with E-state index in [0.717, 1.165) is 5.69 Å². The van der Waals surface area contributed by atoms with Crippen LogP contribution in [0, 0.1) is 0 Å². The number of nitrogens with zero attached hydrogens (tertiary/aromatic N) is 4. The molecule has 9 heteroatoms. The first-order valence-corrected chi connectivity index (χ1v) is 8.22. The molecule has 0 radical (unpaired) electrons. The highest BCUT2D eigenvalue weighted by Crippen LogP contribution is 2.19. The maximum Gasteiger partial charge on any atom is 0.335 e. The van der Waals surface area contributed by atoms with E-state index >= 15 is 0 Å². The number of tetrazole rings is 1. The molecule has 0 unspecified atom stereocenters. The minimum atomic E-state index is -1.00. The summed E-state index contributed by atoms with van der Waals surface area (Å²) in [6.45, 7) is 0. The van der Waals surface area contributed by atoms with Crippen molar-refractivity contribution in [2.45, 2.75) is 5.16 Å². The topological polar surface area (TPSA) is 110 Å². The van der Waals surface area contributed by atoms with Crippen LogP contribution in [-0.2, 0) is 4.79 Å². The van der Waals surface area contributed by atoms with Crippen molar-refractivity contribution in [3.8, 4) is 5.69 Å². The van der Waals surface area contributed by atoms with Gasteiger partial charge in [0.25, 0.3) is 0 Å². The lowest BCUT2D eigenvalue weighted by Crippen LogP contribution is -2.14. The summed E-state index contributed by atoms with van der Waals surface area (Å²) in [5, 5.41) is 23.5. The first-order valence-electron chi connectivity index (χ1n) is 7.23. The number of hydrogen-bond donors (Lipinski definition) is 2. The largest absolute Gasteiger partial charge is 0.478 e. The van der Waals surface area contributed by atoms with Gasteiger partial charge in [-0.15, -0.1) is 5.10 Å². The molecule has 0 spiro atoms. The van der Waals surface area contributed by atoms with Crippen LogP contribution in [0.3, 0.4) is 0 Å². The van der Waals surface area contributed by atoms with Crippen LogP contribution in [0.4, 0.5) is 5.69 Å². The third-order valence-electron chi connectivity index (χ3n) is 3.19. The van der Waals surface area contributed by atoms with Gasteiger partial charge >= 0.3 is 5.97 Å². The van der Waals surface area contributed by atoms with Gasteiger partial charge in [-0.25, -0.2) is 4.79 Å². The van der Waals surface area contributed by atoms with Crippen LogP contribution in [-0.4, -0.2) is 42.9 Å². The Morgan fingerprint density at radius 3 is 2.48 bits per heavy atom. The molecule has 0 aliphatic heterocycles. The zero-order valence-corrected chi connectivity index (χ0v) is 13.7. The lowest BCUT2D eigenvalue weighted by molar-refractivity contribution is -0.113. The van der Waals surface area contributed by atoms with Gasteiger partial charge in [-0.3, -0.25) is 4.79 Å². The Bertz CT molecular complexity index is 880. The summed E-state index contributed by atoms with van der Waals surface area (Å²) >= 11 is 1.18. The smallest absolute Gasteiger partial charge is 0.335 e. The fourth-order valence-corrected chi connectivity index (χ4v) is 2.72. The lowest BCUT2D eigenvalue weighted by atomic mass is 10.2. The summed E-state index contributed by atoms with van der Waals surface area (Å²) in [4.78, 5) is 22.9. The fraction of sp³-hybridized carbons (Fsp3) is 0.0625. The number of carbonyl (C=O) groups excluding carboxylic acids is 1. The number of amides is 1. The number of aromatic nitrogens is 4. The molecule has 0 aliphatic carbocycles. The van der Waals surface area contributed by atoms with E-state index in [4.69, 9.17) is 5.11 Å². The first-order chi connectivity index (χ1) is 12.1. The second-order valence-corrected chi connectivity index (χ2v) is 5.87. The van der Waals surface area contributed by atoms with E-state index in [1.807, 2.05) is 18.2 Å². The highest BCUT2D eigenvalue weighted by atomic mass is 32.2. The van der Waals surface area contributed by atoms with Crippen LogP contribution >= 0.6 is 11.8 Å². The predicted molar refractivity (Wildman–Crippen MR) is 91.9 cm³/mol. The van der Waals surface area contributed by atoms with Crippen molar-refractivity contribution in [3.63, 3.8) is 0 Å². The number of hydrogen-bond acceptors (Lipinski definition) is 6. The second-order valence-electron chi connectivity index (χ2n) is 4.93. The number of thioether (sulfide) groups is 1. The molecule has 2 N–H and O–H groups in total. The molecule has 0 fully saturated rings. The molecule has 2 aromatic carbocycles. The zero-order valence-electron chi connectivity index (χ0n) is 12.9. The van der Waals surface area contributed by atoms with Gasteiger partial charge in [0.2, 0.25) is 11.1 Å². The number of anilines is 1. The summed E-state index contributed by atoms with van der Waals surface area (Å²) in [5.41, 5.74) is 1.51. The van der Waals surface area contributed by atoms with Gasteiger partial charge in [-0.2, -0.15) is 4.68 Å². The van der Waals surface area contributed by atoms with Crippen molar-refractivity contribution in [2.24, 2.45) is 0 Å². The average Bonchev–Trinajstić information content (AvgIpc) is 3.09. The summed E-state index contributed by atoms with van der Waals surface area (Å²) in [6, 6.07) is 15.3. The maximum atomic E-state index is 12.0. The standard InChI is InChI=1S/C16H13N5O3S/c22-14(17-12-4-2-1-3-5-12)10-25-16-18-19-20-21(16)13-8-6-11(7-9-13)15(23)24/h1-9H,10H2,(H,17,22)(H,23,24). The third kappa shape index (κ3) is 4.21. The average molecular weight is 355 g/mol. The van der Waals surface area contributed by atoms with Gasteiger partial charge < -0.3 is 10.4 Å². The Morgan fingerprint density at radius 2 is 1.80 bits per heavy atom. The molecule has 0 aliphatic rings. The van der Waals surface area contributed by atoms with Gasteiger partial charge in [0.15, 0.2) is 0 Å². The van der Waals surface area contributed by atoms with Crippen LogP contribution in [0.15, 0.2) is 59.8 Å². The number of nitrogens with one attached hydrogen (secondary N) is 1. The predicted octanol–water partition coefficient (Wildman–Crippen LogP) is 2.09. The first kappa shape index (κ1) is 16.7. The molecule has 25 heavy (non-hydrogen) atoms. The van der Waals surface area contributed by atoms with E-state index in [9.17, 15) is 9.59 Å². The van der Waals surface area contributed by atoms with E-state index < -0.39 is 5.97 Å². The van der Waals surface area contributed by atoms with Gasteiger partial charge in [0.05, 0.1) is 17.0 Å². The van der Waals surface area contributed by atoms with Crippen molar-refractivity contribution < 1.29 is 14.7 Å². The van der Waals surface area contributed by atoms with Crippen molar-refractivity contribution in [3.05, 3.63) is 60.2 Å².